The van der Waals surface area contributed by atoms with Gasteiger partial charge in [-0.3, -0.25) is 4.68 Å². The summed E-state index contributed by atoms with van der Waals surface area (Å²) in [4.78, 5) is 0. The van der Waals surface area contributed by atoms with E-state index in [1.54, 1.807) is 0 Å². The van der Waals surface area contributed by atoms with Crippen LogP contribution in [0.15, 0.2) is 30.5 Å². The Morgan fingerprint density at radius 3 is 2.95 bits per heavy atom. The summed E-state index contributed by atoms with van der Waals surface area (Å²) in [7, 11) is 1.93. The minimum Gasteiger partial charge on any atom is -0.391 e. The van der Waals surface area contributed by atoms with Crippen LogP contribution in [0, 0.1) is 6.92 Å². The highest BCUT2D eigenvalue weighted by Gasteiger charge is 2.30. The third-order valence-electron chi connectivity index (χ3n) is 3.83. The van der Waals surface area contributed by atoms with Crippen molar-refractivity contribution in [3.63, 3.8) is 0 Å². The molecule has 0 saturated carbocycles. The number of fused-ring (bicyclic) bond motifs is 1. The molecule has 2 aromatic rings. The van der Waals surface area contributed by atoms with Gasteiger partial charge in [0.05, 0.1) is 17.8 Å². The van der Waals surface area contributed by atoms with Gasteiger partial charge in [-0.2, -0.15) is 5.10 Å². The molecule has 2 atom stereocenters. The van der Waals surface area contributed by atoms with Crippen molar-refractivity contribution in [2.24, 2.45) is 7.05 Å². The van der Waals surface area contributed by atoms with E-state index in [4.69, 9.17) is 0 Å². The molecule has 0 spiro atoms. The number of aliphatic hydroxyl groups is 1. The van der Waals surface area contributed by atoms with Crippen LogP contribution in [0.4, 0.5) is 0 Å². The minimum absolute atomic E-state index is 0.0239. The van der Waals surface area contributed by atoms with Crippen molar-refractivity contribution in [1.82, 2.24) is 15.1 Å². The maximum atomic E-state index is 10.2. The Balaban J connectivity index is 1.75. The molecular formula is C15H19N3O. The molecule has 4 heteroatoms. The van der Waals surface area contributed by atoms with Gasteiger partial charge >= 0.3 is 0 Å². The lowest BCUT2D eigenvalue weighted by Gasteiger charge is -2.17. The van der Waals surface area contributed by atoms with Gasteiger partial charge in [0.1, 0.15) is 0 Å². The third kappa shape index (κ3) is 2.29. The summed E-state index contributed by atoms with van der Waals surface area (Å²) in [5.41, 5.74) is 4.68. The second-order valence-electron chi connectivity index (χ2n) is 5.24. The molecule has 0 aliphatic heterocycles. The SMILES string of the molecule is Cc1nn(C)cc1CN[C@@H]1c2ccccc2C[C@@H]1O. The van der Waals surface area contributed by atoms with E-state index in [-0.39, 0.29) is 12.1 Å². The van der Waals surface area contributed by atoms with Crippen LogP contribution >= 0.6 is 0 Å². The number of rotatable bonds is 3. The minimum atomic E-state index is -0.339. The maximum Gasteiger partial charge on any atom is 0.0775 e. The molecular weight excluding hydrogens is 238 g/mol. The van der Waals surface area contributed by atoms with Crippen molar-refractivity contribution < 1.29 is 5.11 Å². The number of nitrogens with one attached hydrogen (secondary N) is 1. The fourth-order valence-electron chi connectivity index (χ4n) is 2.86. The number of benzene rings is 1. The number of hydrogen-bond acceptors (Lipinski definition) is 3. The Labute approximate surface area is 113 Å². The van der Waals surface area contributed by atoms with Gasteiger partial charge in [-0.1, -0.05) is 24.3 Å². The van der Waals surface area contributed by atoms with E-state index >= 15 is 0 Å². The zero-order valence-electron chi connectivity index (χ0n) is 11.3. The lowest BCUT2D eigenvalue weighted by atomic mass is 10.1. The van der Waals surface area contributed by atoms with E-state index in [0.29, 0.717) is 0 Å². The fraction of sp³-hybridized carbons (Fsp3) is 0.400. The van der Waals surface area contributed by atoms with Crippen LogP contribution in [0.2, 0.25) is 0 Å². The van der Waals surface area contributed by atoms with E-state index in [1.165, 1.54) is 16.7 Å². The average Bonchev–Trinajstić information content (AvgIpc) is 2.86. The third-order valence-corrected chi connectivity index (χ3v) is 3.83. The highest BCUT2D eigenvalue weighted by Crippen LogP contribution is 2.31. The van der Waals surface area contributed by atoms with Gasteiger partial charge in [-0.25, -0.2) is 0 Å². The number of aryl methyl sites for hydroxylation is 2. The van der Waals surface area contributed by atoms with Crippen LogP contribution in [0.5, 0.6) is 0 Å². The Kier molecular flexibility index (Phi) is 3.12. The Bertz CT molecular complexity index is 591. The molecule has 1 heterocycles. The van der Waals surface area contributed by atoms with Crippen LogP contribution < -0.4 is 5.32 Å². The molecule has 0 radical (unpaired) electrons. The van der Waals surface area contributed by atoms with Gasteiger partial charge in [-0.15, -0.1) is 0 Å². The van der Waals surface area contributed by atoms with E-state index in [0.717, 1.165) is 18.7 Å². The lowest BCUT2D eigenvalue weighted by molar-refractivity contribution is 0.140. The van der Waals surface area contributed by atoms with Crippen molar-refractivity contribution in [3.05, 3.63) is 52.8 Å². The van der Waals surface area contributed by atoms with E-state index < -0.39 is 0 Å². The predicted octanol–water partition coefficient (Wildman–Crippen LogP) is 1.48. The summed E-state index contributed by atoms with van der Waals surface area (Å²) in [5, 5.41) is 18.0. The van der Waals surface area contributed by atoms with Gasteiger partial charge in [0.25, 0.3) is 0 Å². The van der Waals surface area contributed by atoms with Crippen LogP contribution in [-0.2, 0) is 20.0 Å². The van der Waals surface area contributed by atoms with Gasteiger partial charge in [0.2, 0.25) is 0 Å². The molecule has 4 nitrogen and oxygen atoms in total. The Hall–Kier alpha value is -1.65. The Morgan fingerprint density at radius 1 is 1.42 bits per heavy atom. The molecule has 0 bridgehead atoms. The molecule has 0 saturated heterocycles. The van der Waals surface area contributed by atoms with Gasteiger partial charge in [0, 0.05) is 31.8 Å². The quantitative estimate of drug-likeness (QED) is 0.875. The van der Waals surface area contributed by atoms with E-state index in [2.05, 4.69) is 22.5 Å². The van der Waals surface area contributed by atoms with Crippen molar-refractivity contribution in [2.75, 3.05) is 0 Å². The first-order chi connectivity index (χ1) is 9.15. The zero-order chi connectivity index (χ0) is 13.4. The standard InChI is InChI=1S/C15H19N3O/c1-10-12(9-18(2)17-10)8-16-15-13-6-4-3-5-11(13)7-14(15)19/h3-6,9,14-16,19H,7-8H2,1-2H3/t14-,15+/m0/s1. The number of aromatic nitrogens is 2. The molecule has 1 aliphatic rings. The first kappa shape index (κ1) is 12.4. The summed E-state index contributed by atoms with van der Waals surface area (Å²) in [6.07, 6.45) is 2.42. The number of hydrogen-bond donors (Lipinski definition) is 2. The molecule has 19 heavy (non-hydrogen) atoms. The van der Waals surface area contributed by atoms with Gasteiger partial charge < -0.3 is 10.4 Å². The highest BCUT2D eigenvalue weighted by atomic mass is 16.3. The smallest absolute Gasteiger partial charge is 0.0775 e. The topological polar surface area (TPSA) is 50.1 Å². The van der Waals surface area contributed by atoms with Crippen LogP contribution in [0.1, 0.15) is 28.4 Å². The predicted molar refractivity (Wildman–Crippen MR) is 73.7 cm³/mol. The van der Waals surface area contributed by atoms with Gasteiger partial charge in [-0.05, 0) is 18.1 Å². The molecule has 1 aliphatic carbocycles. The second kappa shape index (κ2) is 4.79. The molecule has 2 N–H and O–H groups in total. The monoisotopic (exact) mass is 257 g/mol. The number of nitrogens with zero attached hydrogens (tertiary/aromatic N) is 2. The molecule has 0 unspecified atom stereocenters. The molecule has 1 aromatic heterocycles. The summed E-state index contributed by atoms with van der Waals surface area (Å²) in [6, 6.07) is 8.27. The fourth-order valence-corrected chi connectivity index (χ4v) is 2.86. The molecule has 1 aromatic carbocycles. The first-order valence-corrected chi connectivity index (χ1v) is 6.63. The lowest BCUT2D eigenvalue weighted by Crippen LogP contribution is -2.28. The highest BCUT2D eigenvalue weighted by molar-refractivity contribution is 5.36. The van der Waals surface area contributed by atoms with Crippen LogP contribution in [0.3, 0.4) is 0 Å². The largest absolute Gasteiger partial charge is 0.391 e. The van der Waals surface area contributed by atoms with Crippen LogP contribution in [-0.4, -0.2) is 21.0 Å². The van der Waals surface area contributed by atoms with Gasteiger partial charge in [0.15, 0.2) is 0 Å². The summed E-state index contributed by atoms with van der Waals surface area (Å²) in [6.45, 7) is 2.74. The normalized spacial score (nSPS) is 21.6. The average molecular weight is 257 g/mol. The van der Waals surface area contributed by atoms with Crippen molar-refractivity contribution in [1.29, 1.82) is 0 Å². The molecule has 0 fully saturated rings. The first-order valence-electron chi connectivity index (χ1n) is 6.63. The van der Waals surface area contributed by atoms with Crippen molar-refractivity contribution in [2.45, 2.75) is 32.0 Å². The Morgan fingerprint density at radius 2 is 2.21 bits per heavy atom. The van der Waals surface area contributed by atoms with E-state index in [1.807, 2.05) is 37.0 Å². The van der Waals surface area contributed by atoms with Crippen molar-refractivity contribution >= 4 is 0 Å². The summed E-state index contributed by atoms with van der Waals surface area (Å²) < 4.78 is 1.82. The van der Waals surface area contributed by atoms with E-state index in [9.17, 15) is 5.11 Å². The zero-order valence-corrected chi connectivity index (χ0v) is 11.3. The molecule has 100 valence electrons. The second-order valence-corrected chi connectivity index (χ2v) is 5.24. The maximum absolute atomic E-state index is 10.2. The van der Waals surface area contributed by atoms with Crippen molar-refractivity contribution in [3.8, 4) is 0 Å². The number of aliphatic hydroxyl groups excluding tert-OH is 1. The summed E-state index contributed by atoms with van der Waals surface area (Å²) >= 11 is 0. The molecule has 0 amide bonds. The molecule has 3 rings (SSSR count). The van der Waals surface area contributed by atoms with Crippen LogP contribution in [0.25, 0.3) is 0 Å². The summed E-state index contributed by atoms with van der Waals surface area (Å²) in [5.74, 6) is 0.